The molecule has 37 heavy (non-hydrogen) atoms. The number of halogens is 1. The number of hydrogen-bond donors (Lipinski definition) is 4. The van der Waals surface area contributed by atoms with Crippen LogP contribution in [0.2, 0.25) is 5.02 Å². The van der Waals surface area contributed by atoms with E-state index in [2.05, 4.69) is 20.4 Å². The highest BCUT2D eigenvalue weighted by Gasteiger charge is 2.34. The normalized spacial score (nSPS) is 17.6. The minimum Gasteiger partial charge on any atom is -0.493 e. The van der Waals surface area contributed by atoms with Gasteiger partial charge in [-0.1, -0.05) is 17.7 Å². The smallest absolute Gasteiger partial charge is 0.326 e. The summed E-state index contributed by atoms with van der Waals surface area (Å²) in [6, 6.07) is 9.17. The molecule has 1 saturated carbocycles. The molecule has 1 amide bonds. The zero-order valence-electron chi connectivity index (χ0n) is 19.8. The summed E-state index contributed by atoms with van der Waals surface area (Å²) in [5.74, 6) is 0.768. The van der Waals surface area contributed by atoms with E-state index in [1.807, 2.05) is 23.1 Å². The molecule has 2 aliphatic rings. The molecular formula is C25H25ClN8O3. The number of hydrogen-bond acceptors (Lipinski definition) is 7. The van der Waals surface area contributed by atoms with Crippen molar-refractivity contribution in [1.29, 1.82) is 0 Å². The largest absolute Gasteiger partial charge is 0.493 e. The second-order valence-corrected chi connectivity index (χ2v) is 9.85. The van der Waals surface area contributed by atoms with Crippen molar-refractivity contribution >= 4 is 40.7 Å². The molecule has 1 saturated heterocycles. The lowest BCUT2D eigenvalue weighted by molar-refractivity contribution is -0.133. The van der Waals surface area contributed by atoms with Crippen molar-refractivity contribution in [3.8, 4) is 5.88 Å². The van der Waals surface area contributed by atoms with Crippen molar-refractivity contribution in [2.24, 2.45) is 10.9 Å². The van der Waals surface area contributed by atoms with Gasteiger partial charge in [0.05, 0.1) is 12.2 Å². The van der Waals surface area contributed by atoms with Crippen LogP contribution in [0.15, 0.2) is 46.3 Å². The minimum absolute atomic E-state index is 0.0366. The van der Waals surface area contributed by atoms with E-state index in [0.29, 0.717) is 40.3 Å². The van der Waals surface area contributed by atoms with Gasteiger partial charge in [-0.2, -0.15) is 9.61 Å². The summed E-state index contributed by atoms with van der Waals surface area (Å²) < 4.78 is 1.64. The van der Waals surface area contributed by atoms with Crippen molar-refractivity contribution in [3.05, 3.63) is 68.4 Å². The van der Waals surface area contributed by atoms with E-state index in [9.17, 15) is 14.7 Å². The van der Waals surface area contributed by atoms with Crippen LogP contribution in [0.5, 0.6) is 5.88 Å². The third kappa shape index (κ3) is 4.94. The fraction of sp³-hybridized carbons (Fsp3) is 0.320. The van der Waals surface area contributed by atoms with Crippen LogP contribution in [-0.4, -0.2) is 59.6 Å². The third-order valence-corrected chi connectivity index (χ3v) is 6.87. The molecule has 4 N–H and O–H groups in total. The molecule has 190 valence electrons. The van der Waals surface area contributed by atoms with Crippen LogP contribution in [0.1, 0.15) is 31.4 Å². The van der Waals surface area contributed by atoms with Gasteiger partial charge in [-0.25, -0.2) is 9.78 Å². The molecule has 3 aromatic heterocycles. The number of piperidine rings is 1. The maximum absolute atomic E-state index is 12.4. The number of imidazole rings is 1. The van der Waals surface area contributed by atoms with Crippen LogP contribution in [-0.2, 0) is 4.79 Å². The zero-order chi connectivity index (χ0) is 25.5. The second kappa shape index (κ2) is 9.40. The maximum Gasteiger partial charge on any atom is 0.326 e. The monoisotopic (exact) mass is 520 g/mol. The molecule has 12 heteroatoms. The summed E-state index contributed by atoms with van der Waals surface area (Å²) >= 11 is 6.16. The van der Waals surface area contributed by atoms with Gasteiger partial charge >= 0.3 is 5.69 Å². The van der Waals surface area contributed by atoms with Gasteiger partial charge in [0.1, 0.15) is 11.5 Å². The molecule has 1 aromatic carbocycles. The Balaban J connectivity index is 1.39. The van der Waals surface area contributed by atoms with Gasteiger partial charge in [-0.05, 0) is 50.0 Å². The molecule has 0 bridgehead atoms. The number of aromatic nitrogens is 5. The average Bonchev–Trinajstić information content (AvgIpc) is 3.57. The summed E-state index contributed by atoms with van der Waals surface area (Å²) in [4.78, 5) is 40.5. The van der Waals surface area contributed by atoms with Crippen molar-refractivity contribution in [1.82, 2.24) is 29.5 Å². The van der Waals surface area contributed by atoms with Crippen molar-refractivity contribution in [2.75, 3.05) is 18.4 Å². The SMILES string of the molecule is O=C(C1CC1)N1CCC(N=c2cc(Nc3cccc(Cl)c3)nc3/c(=C\c4[nH]c(=O)[nH]c4O)cnn23)CC1. The molecule has 0 unspecified atom stereocenters. The maximum atomic E-state index is 12.4. The number of carbonyl (C=O) groups excluding carboxylic acids is 1. The molecule has 0 atom stereocenters. The van der Waals surface area contributed by atoms with Gasteiger partial charge in [-0.15, -0.1) is 0 Å². The highest BCUT2D eigenvalue weighted by atomic mass is 35.5. The first-order valence-corrected chi connectivity index (χ1v) is 12.6. The first-order chi connectivity index (χ1) is 17.9. The lowest BCUT2D eigenvalue weighted by atomic mass is 10.1. The van der Waals surface area contributed by atoms with E-state index in [1.165, 1.54) is 0 Å². The molecule has 4 aromatic rings. The Kier molecular flexibility index (Phi) is 5.91. The Morgan fingerprint density at radius 1 is 1.19 bits per heavy atom. The van der Waals surface area contributed by atoms with E-state index in [-0.39, 0.29) is 29.4 Å². The number of nitrogens with one attached hydrogen (secondary N) is 3. The summed E-state index contributed by atoms with van der Waals surface area (Å²) in [7, 11) is 0. The van der Waals surface area contributed by atoms with Gasteiger partial charge in [0, 0.05) is 41.0 Å². The molecule has 0 spiro atoms. The number of benzene rings is 1. The van der Waals surface area contributed by atoms with Crippen LogP contribution in [0, 0.1) is 5.92 Å². The second-order valence-electron chi connectivity index (χ2n) is 9.42. The molecule has 4 heterocycles. The van der Waals surface area contributed by atoms with Crippen molar-refractivity contribution in [2.45, 2.75) is 31.7 Å². The van der Waals surface area contributed by atoms with Gasteiger partial charge in [-0.3, -0.25) is 14.8 Å². The molecule has 11 nitrogen and oxygen atoms in total. The van der Waals surface area contributed by atoms with Crippen LogP contribution >= 0.6 is 11.6 Å². The Morgan fingerprint density at radius 2 is 2.00 bits per heavy atom. The molecule has 2 fully saturated rings. The van der Waals surface area contributed by atoms with Gasteiger partial charge in [0.25, 0.3) is 0 Å². The predicted molar refractivity (Wildman–Crippen MR) is 137 cm³/mol. The van der Waals surface area contributed by atoms with Gasteiger partial charge < -0.3 is 20.3 Å². The summed E-state index contributed by atoms with van der Waals surface area (Å²) in [6.07, 6.45) is 6.76. The predicted octanol–water partition coefficient (Wildman–Crippen LogP) is 1.70. The number of anilines is 2. The Labute approximate surface area is 215 Å². The average molecular weight is 521 g/mol. The molecule has 1 aliphatic carbocycles. The molecular weight excluding hydrogens is 496 g/mol. The van der Waals surface area contributed by atoms with E-state index in [4.69, 9.17) is 21.6 Å². The first kappa shape index (κ1) is 23.3. The molecule has 0 radical (unpaired) electrons. The summed E-state index contributed by atoms with van der Waals surface area (Å²) in [5, 5.41) is 18.9. The summed E-state index contributed by atoms with van der Waals surface area (Å²) in [6.45, 7) is 1.40. The molecule has 1 aliphatic heterocycles. The van der Waals surface area contributed by atoms with Crippen molar-refractivity contribution in [3.63, 3.8) is 0 Å². The number of carbonyl (C=O) groups is 1. The number of fused-ring (bicyclic) bond motifs is 1. The highest BCUT2D eigenvalue weighted by Crippen LogP contribution is 2.32. The van der Waals surface area contributed by atoms with Crippen LogP contribution < -0.4 is 21.7 Å². The van der Waals surface area contributed by atoms with Crippen LogP contribution in [0.4, 0.5) is 11.5 Å². The lowest BCUT2D eigenvalue weighted by Gasteiger charge is -2.30. The molecule has 6 rings (SSSR count). The number of aromatic hydroxyl groups is 1. The number of likely N-dealkylation sites (tertiary alicyclic amines) is 1. The van der Waals surface area contributed by atoms with Crippen LogP contribution in [0.3, 0.4) is 0 Å². The number of aromatic amines is 2. The van der Waals surface area contributed by atoms with E-state index < -0.39 is 5.69 Å². The third-order valence-electron chi connectivity index (χ3n) is 6.63. The van der Waals surface area contributed by atoms with Gasteiger partial charge in [0.15, 0.2) is 11.1 Å². The highest BCUT2D eigenvalue weighted by molar-refractivity contribution is 6.30. The van der Waals surface area contributed by atoms with E-state index in [1.54, 1.807) is 28.9 Å². The topological polar surface area (TPSA) is 144 Å². The lowest BCUT2D eigenvalue weighted by Crippen LogP contribution is -2.41. The van der Waals surface area contributed by atoms with E-state index >= 15 is 0 Å². The fourth-order valence-electron chi connectivity index (χ4n) is 4.57. The Hall–Kier alpha value is -4.12. The number of amides is 1. The number of rotatable bonds is 5. The summed E-state index contributed by atoms with van der Waals surface area (Å²) in [5.41, 5.74) is 1.57. The van der Waals surface area contributed by atoms with Crippen molar-refractivity contribution < 1.29 is 9.90 Å². The quantitative estimate of drug-likeness (QED) is 0.315. The standard InChI is InChI=1S/C25H25ClN8O3/c26-16-2-1-3-18(11-16)28-20-12-21(29-17-6-8-33(9-7-17)24(36)14-4-5-14)34-22(31-20)15(13-27-34)10-19-23(35)32-25(37)30-19/h1-3,10-14,17,28,35H,4-9H2,(H2,30,32,37)/b15-10-,29-21?. The number of H-pyrrole nitrogens is 2. The van der Waals surface area contributed by atoms with Crippen LogP contribution in [0.25, 0.3) is 11.7 Å². The first-order valence-electron chi connectivity index (χ1n) is 12.2. The number of nitrogens with zero attached hydrogens (tertiary/aromatic N) is 5. The fourth-order valence-corrected chi connectivity index (χ4v) is 4.76. The van der Waals surface area contributed by atoms with Gasteiger partial charge in [0.2, 0.25) is 11.8 Å². The Morgan fingerprint density at radius 3 is 2.70 bits per heavy atom. The minimum atomic E-state index is -0.515. The zero-order valence-corrected chi connectivity index (χ0v) is 20.6. The Bertz CT molecular complexity index is 1660. The van der Waals surface area contributed by atoms with E-state index in [0.717, 1.165) is 31.4 Å².